The minimum Gasteiger partial charge on any atom is -0.353 e. The van der Waals surface area contributed by atoms with Crippen molar-refractivity contribution in [3.8, 4) is 0 Å². The number of aryl methyl sites for hydroxylation is 1. The van der Waals surface area contributed by atoms with Crippen LogP contribution in [-0.4, -0.2) is 52.4 Å². The molecule has 3 rings (SSSR count). The highest BCUT2D eigenvalue weighted by Crippen LogP contribution is 2.13. The number of aromatic nitrogens is 1. The van der Waals surface area contributed by atoms with Crippen molar-refractivity contribution in [2.75, 3.05) is 7.05 Å². The monoisotopic (exact) mass is 467 g/mol. The molecule has 3 N–H and O–H groups in total. The number of benzene rings is 1. The number of amides is 3. The van der Waals surface area contributed by atoms with Crippen molar-refractivity contribution < 1.29 is 14.4 Å². The van der Waals surface area contributed by atoms with Crippen LogP contribution in [0.3, 0.4) is 0 Å². The summed E-state index contributed by atoms with van der Waals surface area (Å²) >= 11 is 0. The lowest BCUT2D eigenvalue weighted by Crippen LogP contribution is -2.56. The first-order valence-corrected chi connectivity index (χ1v) is 11.9. The fourth-order valence-electron chi connectivity index (χ4n) is 4.20. The molecule has 3 amide bonds. The Balaban J connectivity index is 1.91. The van der Waals surface area contributed by atoms with Crippen LogP contribution >= 0.6 is 0 Å². The molecule has 3 atom stereocenters. The third kappa shape index (κ3) is 6.47. The average molecular weight is 468 g/mol. The largest absolute Gasteiger partial charge is 0.353 e. The van der Waals surface area contributed by atoms with Crippen LogP contribution in [0, 0.1) is 5.92 Å². The van der Waals surface area contributed by atoms with E-state index in [1.165, 1.54) is 4.90 Å². The van der Waals surface area contributed by atoms with E-state index in [1.807, 2.05) is 68.1 Å². The summed E-state index contributed by atoms with van der Waals surface area (Å²) in [5.41, 5.74) is 3.01. The molecule has 2 aromatic rings. The number of fused-ring (bicyclic) bond motifs is 2. The van der Waals surface area contributed by atoms with Crippen molar-refractivity contribution in [2.45, 2.75) is 64.8 Å². The van der Waals surface area contributed by atoms with Gasteiger partial charge in [-0.25, -0.2) is 0 Å². The van der Waals surface area contributed by atoms with E-state index >= 15 is 0 Å². The molecule has 184 valence electrons. The Bertz CT molecular complexity index is 1000. The van der Waals surface area contributed by atoms with E-state index in [0.717, 1.165) is 16.8 Å². The first-order valence-electron chi connectivity index (χ1n) is 11.9. The maximum Gasteiger partial charge on any atom is 0.243 e. The van der Waals surface area contributed by atoms with Crippen LogP contribution in [0.15, 0.2) is 42.6 Å². The smallest absolute Gasteiger partial charge is 0.243 e. The van der Waals surface area contributed by atoms with Crippen molar-refractivity contribution in [1.82, 2.24) is 25.4 Å². The van der Waals surface area contributed by atoms with Gasteiger partial charge >= 0.3 is 0 Å². The van der Waals surface area contributed by atoms with E-state index in [2.05, 4.69) is 16.0 Å². The molecule has 1 aromatic heterocycles. The maximum atomic E-state index is 13.5. The zero-order valence-corrected chi connectivity index (χ0v) is 20.8. The summed E-state index contributed by atoms with van der Waals surface area (Å²) in [6, 6.07) is 9.98. The quantitative estimate of drug-likeness (QED) is 0.638. The van der Waals surface area contributed by atoms with Crippen LogP contribution in [0.4, 0.5) is 0 Å². The number of nitrogens with one attached hydrogen (secondary N) is 3. The molecule has 8 nitrogen and oxygen atoms in total. The van der Waals surface area contributed by atoms with E-state index in [0.29, 0.717) is 25.9 Å². The van der Waals surface area contributed by atoms with Crippen LogP contribution < -0.4 is 16.0 Å². The first kappa shape index (κ1) is 25.5. The summed E-state index contributed by atoms with van der Waals surface area (Å²) in [4.78, 5) is 40.9. The molecule has 0 unspecified atom stereocenters. The van der Waals surface area contributed by atoms with E-state index in [9.17, 15) is 14.4 Å². The molecule has 2 bridgehead atoms. The van der Waals surface area contributed by atoms with Gasteiger partial charge in [-0.05, 0) is 42.9 Å². The second-order valence-electron chi connectivity index (χ2n) is 9.61. The average Bonchev–Trinajstić information content (AvgIpc) is 3.17. The molecule has 0 spiro atoms. The standard InChI is InChI=1S/C26H37N5O3/c1-17(2)11-22-25(33)28-14-20-12-21(30(4)16-20)15-27-23(13-19-9-7-6-8-10-19)26(34)31(5)18(3)24(32)29-22/h6-10,12,16-18,22-23,27H,11,13-15H2,1-5H3,(H,28,33)(H,29,32)/t18-,22-,23-/m0/s1. The van der Waals surface area contributed by atoms with Crippen molar-refractivity contribution >= 4 is 17.7 Å². The Kier molecular flexibility index (Phi) is 8.50. The minimum atomic E-state index is -0.721. The van der Waals surface area contributed by atoms with Crippen LogP contribution in [0.2, 0.25) is 0 Å². The van der Waals surface area contributed by atoms with Gasteiger partial charge in [-0.15, -0.1) is 0 Å². The zero-order valence-electron chi connectivity index (χ0n) is 20.8. The van der Waals surface area contributed by atoms with E-state index in [4.69, 9.17) is 0 Å². The summed E-state index contributed by atoms with van der Waals surface area (Å²) in [6.45, 7) is 6.57. The van der Waals surface area contributed by atoms with Gasteiger partial charge < -0.3 is 20.1 Å². The molecule has 0 fully saturated rings. The summed E-state index contributed by atoms with van der Waals surface area (Å²) in [5, 5.41) is 9.23. The summed E-state index contributed by atoms with van der Waals surface area (Å²) in [6.07, 6.45) is 2.99. The van der Waals surface area contributed by atoms with Crippen molar-refractivity contribution in [1.29, 1.82) is 0 Å². The van der Waals surface area contributed by atoms with Crippen LogP contribution in [-0.2, 0) is 40.9 Å². The van der Waals surface area contributed by atoms with Gasteiger partial charge in [0.1, 0.15) is 12.1 Å². The Labute approximate surface area is 202 Å². The minimum absolute atomic E-state index is 0.166. The SMILES string of the molecule is CC(C)C[C@@H]1NC(=O)[C@H](C)N(C)C(=O)[C@H](Cc2ccccc2)NCc2cc(cn2C)CNC1=O. The topological polar surface area (TPSA) is 95.5 Å². The maximum absolute atomic E-state index is 13.5. The van der Waals surface area contributed by atoms with Gasteiger partial charge in [0.05, 0.1) is 6.04 Å². The molecule has 0 saturated carbocycles. The van der Waals surface area contributed by atoms with Gasteiger partial charge in [-0.1, -0.05) is 44.2 Å². The number of hydrogen-bond acceptors (Lipinski definition) is 4. The number of nitrogens with zero attached hydrogens (tertiary/aromatic N) is 2. The third-order valence-electron chi connectivity index (χ3n) is 6.39. The highest BCUT2D eigenvalue weighted by molar-refractivity contribution is 5.92. The van der Waals surface area contributed by atoms with Gasteiger partial charge in [-0.2, -0.15) is 0 Å². The van der Waals surface area contributed by atoms with Crippen molar-refractivity contribution in [2.24, 2.45) is 13.0 Å². The summed E-state index contributed by atoms with van der Waals surface area (Å²) in [7, 11) is 3.60. The molecule has 2 heterocycles. The molecule has 0 saturated heterocycles. The van der Waals surface area contributed by atoms with Crippen LogP contribution in [0.1, 0.15) is 44.0 Å². The molecular formula is C26H37N5O3. The Morgan fingerprint density at radius 2 is 1.71 bits per heavy atom. The fraction of sp³-hybridized carbons (Fsp3) is 0.500. The lowest BCUT2D eigenvalue weighted by Gasteiger charge is -2.30. The Morgan fingerprint density at radius 1 is 1.00 bits per heavy atom. The third-order valence-corrected chi connectivity index (χ3v) is 6.39. The zero-order chi connectivity index (χ0) is 24.8. The number of hydrogen-bond donors (Lipinski definition) is 3. The molecule has 8 heteroatoms. The van der Waals surface area contributed by atoms with E-state index in [1.54, 1.807) is 14.0 Å². The van der Waals surface area contributed by atoms with E-state index < -0.39 is 18.1 Å². The highest BCUT2D eigenvalue weighted by Gasteiger charge is 2.31. The summed E-state index contributed by atoms with van der Waals surface area (Å²) in [5.74, 6) is -0.508. The van der Waals surface area contributed by atoms with Gasteiger partial charge in [0.2, 0.25) is 17.7 Å². The molecule has 0 aliphatic carbocycles. The van der Waals surface area contributed by atoms with Gasteiger partial charge in [0.15, 0.2) is 0 Å². The lowest BCUT2D eigenvalue weighted by atomic mass is 10.0. The van der Waals surface area contributed by atoms with E-state index in [-0.39, 0.29) is 23.6 Å². The van der Waals surface area contributed by atoms with Crippen molar-refractivity contribution in [3.05, 3.63) is 59.4 Å². The molecule has 1 aliphatic rings. The summed E-state index contributed by atoms with van der Waals surface area (Å²) < 4.78 is 2.00. The second-order valence-corrected chi connectivity index (χ2v) is 9.61. The molecule has 0 radical (unpaired) electrons. The number of carbonyl (C=O) groups is 3. The lowest BCUT2D eigenvalue weighted by molar-refractivity contribution is -0.141. The van der Waals surface area contributed by atoms with Gasteiger partial charge in [0, 0.05) is 39.1 Å². The fourth-order valence-corrected chi connectivity index (χ4v) is 4.20. The van der Waals surface area contributed by atoms with Crippen molar-refractivity contribution in [3.63, 3.8) is 0 Å². The molecular weight excluding hydrogens is 430 g/mol. The Morgan fingerprint density at radius 3 is 2.38 bits per heavy atom. The predicted molar refractivity (Wildman–Crippen MR) is 132 cm³/mol. The number of carbonyl (C=O) groups excluding carboxylic acids is 3. The molecule has 1 aromatic carbocycles. The number of likely N-dealkylation sites (N-methyl/N-ethyl adjacent to an activating group) is 1. The van der Waals surface area contributed by atoms with Gasteiger partial charge in [-0.3, -0.25) is 19.7 Å². The first-order chi connectivity index (χ1) is 16.2. The normalized spacial score (nSPS) is 22.7. The van der Waals surface area contributed by atoms with Crippen LogP contribution in [0.25, 0.3) is 0 Å². The Hall–Kier alpha value is -3.13. The molecule has 1 aliphatic heterocycles. The number of rotatable bonds is 4. The highest BCUT2D eigenvalue weighted by atomic mass is 16.2. The van der Waals surface area contributed by atoms with Gasteiger partial charge in [0.25, 0.3) is 0 Å². The molecule has 34 heavy (non-hydrogen) atoms. The predicted octanol–water partition coefficient (Wildman–Crippen LogP) is 1.73. The second kappa shape index (κ2) is 11.3. The van der Waals surface area contributed by atoms with Crippen LogP contribution in [0.5, 0.6) is 0 Å².